The normalized spacial score (nSPS) is 20.5. The van der Waals surface area contributed by atoms with Crippen LogP contribution in [-0.4, -0.2) is 50.9 Å². The zero-order valence-electron chi connectivity index (χ0n) is 14.7. The molecule has 1 aliphatic carbocycles. The zero-order chi connectivity index (χ0) is 18.1. The molecule has 7 nitrogen and oxygen atoms in total. The van der Waals surface area contributed by atoms with Gasteiger partial charge in [-0.05, 0) is 37.8 Å². The van der Waals surface area contributed by atoms with Crippen molar-refractivity contribution in [2.75, 3.05) is 19.6 Å². The molecule has 2 aliphatic rings. The Morgan fingerprint density at radius 2 is 2.08 bits per heavy atom. The van der Waals surface area contributed by atoms with Crippen molar-refractivity contribution in [1.82, 2.24) is 19.4 Å². The molecule has 1 aromatic carbocycles. The summed E-state index contributed by atoms with van der Waals surface area (Å²) in [5.74, 6) is 0. The summed E-state index contributed by atoms with van der Waals surface area (Å²) in [6, 6.07) is 7.97. The van der Waals surface area contributed by atoms with Crippen LogP contribution < -0.4 is 11.0 Å². The summed E-state index contributed by atoms with van der Waals surface area (Å²) in [5, 5.41) is 12.5. The van der Waals surface area contributed by atoms with Gasteiger partial charge < -0.3 is 15.3 Å². The fraction of sp³-hybridized carbons (Fsp3) is 0.474. The van der Waals surface area contributed by atoms with Gasteiger partial charge in [0.1, 0.15) is 0 Å². The van der Waals surface area contributed by atoms with Crippen molar-refractivity contribution in [3.63, 3.8) is 0 Å². The van der Waals surface area contributed by atoms with Crippen molar-refractivity contribution < 1.29 is 9.90 Å². The molecular weight excluding hydrogens is 332 g/mol. The largest absolute Gasteiger partial charge is 0.465 e. The summed E-state index contributed by atoms with van der Waals surface area (Å²) in [5.41, 5.74) is 2.99. The van der Waals surface area contributed by atoms with Crippen LogP contribution in [0.1, 0.15) is 25.7 Å². The van der Waals surface area contributed by atoms with E-state index in [0.29, 0.717) is 26.2 Å². The van der Waals surface area contributed by atoms with Crippen LogP contribution in [0, 0.1) is 0 Å². The van der Waals surface area contributed by atoms with Gasteiger partial charge in [-0.3, -0.25) is 9.13 Å². The number of aryl methyl sites for hydroxylation is 1. The maximum atomic E-state index is 13.1. The maximum absolute atomic E-state index is 13.1. The quantitative estimate of drug-likeness (QED) is 0.880. The van der Waals surface area contributed by atoms with Crippen LogP contribution in [0.25, 0.3) is 16.7 Å². The van der Waals surface area contributed by atoms with E-state index in [4.69, 9.17) is 0 Å². The van der Waals surface area contributed by atoms with Gasteiger partial charge in [-0.1, -0.05) is 18.2 Å². The van der Waals surface area contributed by atoms with Crippen LogP contribution in [0.3, 0.4) is 0 Å². The Balaban J connectivity index is 1.60. The number of allylic oxidation sites excluding steroid dienone is 2. The number of nitrogens with zero attached hydrogens (tertiary/aromatic N) is 3. The molecular formula is C19H24N4O3. The topological polar surface area (TPSA) is 79.5 Å². The van der Waals surface area contributed by atoms with E-state index in [2.05, 4.69) is 11.4 Å². The Kier molecular flexibility index (Phi) is 4.55. The molecule has 1 aliphatic heterocycles. The molecule has 0 radical (unpaired) electrons. The minimum atomic E-state index is -0.876. The van der Waals surface area contributed by atoms with Crippen molar-refractivity contribution in [1.29, 1.82) is 0 Å². The van der Waals surface area contributed by atoms with Gasteiger partial charge in [-0.15, -0.1) is 0 Å². The number of hydrogen-bond acceptors (Lipinski definition) is 3. The summed E-state index contributed by atoms with van der Waals surface area (Å²) in [6.07, 6.45) is 5.06. The highest BCUT2D eigenvalue weighted by atomic mass is 16.4. The van der Waals surface area contributed by atoms with Gasteiger partial charge in [0, 0.05) is 37.9 Å². The predicted octanol–water partition coefficient (Wildman–Crippen LogP) is 2.17. The van der Waals surface area contributed by atoms with Crippen molar-refractivity contribution in [3.05, 3.63) is 40.8 Å². The van der Waals surface area contributed by atoms with Gasteiger partial charge in [0.2, 0.25) is 0 Å². The fourth-order valence-corrected chi connectivity index (χ4v) is 4.04. The number of imidazole rings is 1. The highest BCUT2D eigenvalue weighted by molar-refractivity contribution is 5.80. The van der Waals surface area contributed by atoms with Crippen molar-refractivity contribution >= 4 is 22.8 Å². The molecule has 2 heterocycles. The van der Waals surface area contributed by atoms with Crippen LogP contribution >= 0.6 is 0 Å². The molecule has 2 N–H and O–H groups in total. The van der Waals surface area contributed by atoms with Crippen LogP contribution in [0.4, 0.5) is 4.79 Å². The highest BCUT2D eigenvalue weighted by Crippen LogP contribution is 2.25. The van der Waals surface area contributed by atoms with Crippen molar-refractivity contribution in [2.45, 2.75) is 38.3 Å². The van der Waals surface area contributed by atoms with E-state index < -0.39 is 6.09 Å². The standard InChI is InChI=1S/C19H24N4O3/c24-18-22(11-9-14-13-21(19(25)26)12-10-20-14)16-7-3-4-8-17(16)23(18)15-5-1-2-6-15/h3-5,7-8,14,20H,1-2,6,9-13H2,(H,25,26)/t14-/m1/s1. The van der Waals surface area contributed by atoms with E-state index in [0.717, 1.165) is 42.4 Å². The second-order valence-electron chi connectivity index (χ2n) is 7.01. The van der Waals surface area contributed by atoms with E-state index in [9.17, 15) is 14.7 Å². The van der Waals surface area contributed by atoms with E-state index >= 15 is 0 Å². The van der Waals surface area contributed by atoms with Gasteiger partial charge in [0.25, 0.3) is 0 Å². The second-order valence-corrected chi connectivity index (χ2v) is 7.01. The number of para-hydroxylation sites is 2. The third kappa shape index (κ3) is 3.03. The number of benzene rings is 1. The third-order valence-electron chi connectivity index (χ3n) is 5.37. The molecule has 138 valence electrons. The van der Waals surface area contributed by atoms with Crippen LogP contribution in [0.2, 0.25) is 0 Å². The Morgan fingerprint density at radius 1 is 1.27 bits per heavy atom. The lowest BCUT2D eigenvalue weighted by molar-refractivity contribution is 0.127. The number of carbonyl (C=O) groups is 1. The molecule has 1 amide bonds. The summed E-state index contributed by atoms with van der Waals surface area (Å²) >= 11 is 0. The van der Waals surface area contributed by atoms with E-state index in [1.807, 2.05) is 33.4 Å². The molecule has 1 fully saturated rings. The van der Waals surface area contributed by atoms with Gasteiger partial charge >= 0.3 is 11.8 Å². The minimum absolute atomic E-state index is 0.00486. The van der Waals surface area contributed by atoms with Gasteiger partial charge in [0.15, 0.2) is 0 Å². The molecule has 0 spiro atoms. The molecule has 0 saturated carbocycles. The fourth-order valence-electron chi connectivity index (χ4n) is 4.04. The molecule has 0 bridgehead atoms. The Bertz CT molecular complexity index is 911. The summed E-state index contributed by atoms with van der Waals surface area (Å²) in [6.45, 7) is 2.21. The number of fused-ring (bicyclic) bond motifs is 1. The third-order valence-corrected chi connectivity index (χ3v) is 5.37. The summed E-state index contributed by atoms with van der Waals surface area (Å²) in [7, 11) is 0. The Labute approximate surface area is 151 Å². The van der Waals surface area contributed by atoms with E-state index in [1.165, 1.54) is 4.90 Å². The lowest BCUT2D eigenvalue weighted by Crippen LogP contribution is -2.52. The molecule has 26 heavy (non-hydrogen) atoms. The zero-order valence-corrected chi connectivity index (χ0v) is 14.7. The second kappa shape index (κ2) is 6.99. The van der Waals surface area contributed by atoms with Gasteiger partial charge in [-0.2, -0.15) is 0 Å². The Hall–Kier alpha value is -2.54. The van der Waals surface area contributed by atoms with Crippen LogP contribution in [0.5, 0.6) is 0 Å². The molecule has 0 unspecified atom stereocenters. The summed E-state index contributed by atoms with van der Waals surface area (Å²) in [4.78, 5) is 25.7. The van der Waals surface area contributed by atoms with Crippen molar-refractivity contribution in [3.8, 4) is 0 Å². The number of carboxylic acid groups (broad SMARTS) is 1. The van der Waals surface area contributed by atoms with E-state index in [1.54, 1.807) is 0 Å². The average molecular weight is 356 g/mol. The first-order valence-corrected chi connectivity index (χ1v) is 9.26. The lowest BCUT2D eigenvalue weighted by atomic mass is 10.1. The number of aromatic nitrogens is 2. The molecule has 1 aromatic heterocycles. The molecule has 2 aromatic rings. The number of amides is 1. The average Bonchev–Trinajstić information content (AvgIpc) is 3.26. The number of piperazine rings is 1. The molecule has 1 saturated heterocycles. The lowest BCUT2D eigenvalue weighted by Gasteiger charge is -2.31. The first-order valence-electron chi connectivity index (χ1n) is 9.26. The van der Waals surface area contributed by atoms with E-state index in [-0.39, 0.29) is 11.7 Å². The van der Waals surface area contributed by atoms with Gasteiger partial charge in [0.05, 0.1) is 11.0 Å². The monoisotopic (exact) mass is 356 g/mol. The number of hydrogen-bond donors (Lipinski definition) is 2. The van der Waals surface area contributed by atoms with Crippen LogP contribution in [0.15, 0.2) is 35.1 Å². The molecule has 7 heteroatoms. The van der Waals surface area contributed by atoms with Crippen molar-refractivity contribution in [2.24, 2.45) is 0 Å². The molecule has 1 atom stereocenters. The molecule has 4 rings (SSSR count). The van der Waals surface area contributed by atoms with Crippen LogP contribution in [-0.2, 0) is 6.54 Å². The Morgan fingerprint density at radius 3 is 2.81 bits per heavy atom. The summed E-state index contributed by atoms with van der Waals surface area (Å²) < 4.78 is 3.68. The van der Waals surface area contributed by atoms with Gasteiger partial charge in [-0.25, -0.2) is 9.59 Å². The SMILES string of the molecule is O=C(O)N1CCN[C@H](CCn2c(=O)n(C3=CCCC3)c3ccccc32)C1. The number of rotatable bonds is 4. The predicted molar refractivity (Wildman–Crippen MR) is 100 cm³/mol. The minimum Gasteiger partial charge on any atom is -0.465 e. The number of nitrogens with one attached hydrogen (secondary N) is 1. The highest BCUT2D eigenvalue weighted by Gasteiger charge is 2.23. The maximum Gasteiger partial charge on any atom is 0.407 e. The first kappa shape index (κ1) is 16.9. The first-order chi connectivity index (χ1) is 12.6. The smallest absolute Gasteiger partial charge is 0.407 e.